The predicted molar refractivity (Wildman–Crippen MR) is 131 cm³/mol. The van der Waals surface area contributed by atoms with Gasteiger partial charge in [-0.05, 0) is 67.6 Å². The minimum atomic E-state index is -0.258. The number of amides is 1. The lowest BCUT2D eigenvalue weighted by Crippen LogP contribution is -2.48. The van der Waals surface area contributed by atoms with Gasteiger partial charge >= 0.3 is 0 Å². The molecule has 186 valence electrons. The number of likely N-dealkylation sites (tertiary alicyclic amines) is 1. The van der Waals surface area contributed by atoms with Gasteiger partial charge in [0.25, 0.3) is 0 Å². The van der Waals surface area contributed by atoms with Gasteiger partial charge in [0, 0.05) is 26.7 Å². The molecule has 1 fully saturated rings. The van der Waals surface area contributed by atoms with Crippen LogP contribution in [0.1, 0.15) is 24.0 Å². The first kappa shape index (κ1) is 26.3. The number of carbonyl (C=O) groups is 1. The fourth-order valence-electron chi connectivity index (χ4n) is 4.68. The van der Waals surface area contributed by atoms with Gasteiger partial charge in [0.1, 0.15) is 12.4 Å². The fraction of sp³-hybridized carbons (Fsp3) is 0.500. The number of likely N-dealkylation sites (N-methyl/N-ethyl adjacent to an activating group) is 1. The highest BCUT2D eigenvalue weighted by atomic mass is 35.5. The number of halogens is 2. The number of ether oxygens (including phenoxy) is 3. The number of hydrogen-bond acceptors (Lipinski definition) is 5. The van der Waals surface area contributed by atoms with Gasteiger partial charge in [0.15, 0.2) is 11.5 Å². The van der Waals surface area contributed by atoms with Gasteiger partial charge in [-0.2, -0.15) is 0 Å². The quantitative estimate of drug-likeness (QED) is 0.491. The van der Waals surface area contributed by atoms with E-state index in [-0.39, 0.29) is 24.4 Å². The van der Waals surface area contributed by atoms with Crippen LogP contribution in [0.2, 0.25) is 5.02 Å². The van der Waals surface area contributed by atoms with Crippen LogP contribution in [-0.4, -0.2) is 69.8 Å². The summed E-state index contributed by atoms with van der Waals surface area (Å²) >= 11 is 6.58. The van der Waals surface area contributed by atoms with Crippen LogP contribution in [0, 0.1) is 11.7 Å². The van der Waals surface area contributed by atoms with Crippen molar-refractivity contribution in [2.24, 2.45) is 5.92 Å². The van der Waals surface area contributed by atoms with E-state index in [1.165, 1.54) is 19.2 Å². The van der Waals surface area contributed by atoms with Crippen LogP contribution in [-0.2, 0) is 22.5 Å². The minimum Gasteiger partial charge on any atom is -0.493 e. The molecule has 0 spiro atoms. The molecule has 2 aromatic carbocycles. The molecule has 0 aromatic heterocycles. The summed E-state index contributed by atoms with van der Waals surface area (Å²) in [6.45, 7) is 2.54. The monoisotopic (exact) mass is 492 g/mol. The molecular formula is C26H34ClFN2O4. The smallest absolute Gasteiger partial charge is 0.248 e. The number of rotatable bonds is 10. The molecule has 34 heavy (non-hydrogen) atoms. The average Bonchev–Trinajstić information content (AvgIpc) is 2.85. The topological polar surface area (TPSA) is 51.2 Å². The van der Waals surface area contributed by atoms with E-state index in [0.717, 1.165) is 37.1 Å². The third kappa shape index (κ3) is 6.40. The molecule has 1 saturated heterocycles. The number of nitrogens with zero attached hydrogens (tertiary/aromatic N) is 2. The lowest BCUT2D eigenvalue weighted by molar-refractivity contribution is -0.137. The van der Waals surface area contributed by atoms with Gasteiger partial charge in [-0.15, -0.1) is 0 Å². The molecule has 8 heteroatoms. The van der Waals surface area contributed by atoms with E-state index in [0.29, 0.717) is 35.4 Å². The Hall–Kier alpha value is -2.35. The van der Waals surface area contributed by atoms with E-state index in [2.05, 4.69) is 4.90 Å². The molecule has 0 saturated carbocycles. The molecule has 3 rings (SSSR count). The summed E-state index contributed by atoms with van der Waals surface area (Å²) in [5.41, 5.74) is 2.01. The van der Waals surface area contributed by atoms with Crippen molar-refractivity contribution < 1.29 is 23.4 Å². The molecule has 1 aliphatic rings. The van der Waals surface area contributed by atoms with Gasteiger partial charge in [-0.3, -0.25) is 9.69 Å². The third-order valence-electron chi connectivity index (χ3n) is 6.65. The van der Waals surface area contributed by atoms with Crippen molar-refractivity contribution in [3.63, 3.8) is 0 Å². The van der Waals surface area contributed by atoms with Crippen LogP contribution in [0.15, 0.2) is 36.4 Å². The van der Waals surface area contributed by atoms with Crippen molar-refractivity contribution in [1.82, 2.24) is 9.80 Å². The Morgan fingerprint density at radius 2 is 1.79 bits per heavy atom. The van der Waals surface area contributed by atoms with Crippen LogP contribution in [0.5, 0.6) is 11.5 Å². The highest BCUT2D eigenvalue weighted by Gasteiger charge is 2.32. The molecule has 0 radical (unpaired) electrons. The number of hydrogen-bond donors (Lipinski definition) is 0. The van der Waals surface area contributed by atoms with Crippen molar-refractivity contribution in [1.29, 1.82) is 0 Å². The molecule has 0 unspecified atom stereocenters. The van der Waals surface area contributed by atoms with Gasteiger partial charge in [0.2, 0.25) is 5.91 Å². The number of methoxy groups -OCH3 is 3. The van der Waals surface area contributed by atoms with Gasteiger partial charge < -0.3 is 19.1 Å². The van der Waals surface area contributed by atoms with Gasteiger partial charge in [-0.1, -0.05) is 29.8 Å². The zero-order chi connectivity index (χ0) is 24.7. The fourth-order valence-corrected chi connectivity index (χ4v) is 4.97. The average molecular weight is 493 g/mol. The molecule has 6 nitrogen and oxygen atoms in total. The minimum absolute atomic E-state index is 0.0138. The maximum Gasteiger partial charge on any atom is 0.248 e. The zero-order valence-electron chi connectivity index (χ0n) is 20.4. The highest BCUT2D eigenvalue weighted by Crippen LogP contribution is 2.38. The standard InChI is InChI=1S/C26H34ClFN2O4/c1-29(24(31)17-32-2)22(15-18-5-8-21(28)9-6-18)19-11-13-30(14-12-19)16-20-7-10-23(33-3)26(34-4)25(20)27/h5-10,19,22H,11-17H2,1-4H3/t22-/m1/s1. The SMILES string of the molecule is COCC(=O)N(C)[C@H](Cc1ccc(F)cc1)C1CCN(Cc2ccc(OC)c(OC)c2Cl)CC1. The molecule has 1 amide bonds. The number of carbonyl (C=O) groups excluding carboxylic acids is 1. The summed E-state index contributed by atoms with van der Waals surface area (Å²) < 4.78 is 29.2. The second kappa shape index (κ2) is 12.4. The third-order valence-corrected chi connectivity index (χ3v) is 7.07. The molecular weight excluding hydrogens is 459 g/mol. The van der Waals surface area contributed by atoms with Crippen LogP contribution in [0.3, 0.4) is 0 Å². The van der Waals surface area contributed by atoms with Gasteiger partial charge in [-0.25, -0.2) is 4.39 Å². The van der Waals surface area contributed by atoms with Crippen molar-refractivity contribution in [3.8, 4) is 11.5 Å². The highest BCUT2D eigenvalue weighted by molar-refractivity contribution is 6.33. The maximum absolute atomic E-state index is 13.4. The second-order valence-electron chi connectivity index (χ2n) is 8.72. The molecule has 0 aliphatic carbocycles. The molecule has 0 bridgehead atoms. The van der Waals surface area contributed by atoms with Crippen LogP contribution < -0.4 is 9.47 Å². The van der Waals surface area contributed by atoms with Crippen LogP contribution >= 0.6 is 11.6 Å². The summed E-state index contributed by atoms with van der Waals surface area (Å²) in [6, 6.07) is 10.4. The number of piperidine rings is 1. The maximum atomic E-state index is 13.4. The van der Waals surface area contributed by atoms with E-state index in [1.807, 2.05) is 19.2 Å². The van der Waals surface area contributed by atoms with Crippen molar-refractivity contribution >= 4 is 17.5 Å². The van der Waals surface area contributed by atoms with Crippen LogP contribution in [0.25, 0.3) is 0 Å². The summed E-state index contributed by atoms with van der Waals surface area (Å²) in [4.78, 5) is 16.8. The second-order valence-corrected chi connectivity index (χ2v) is 9.10. The van der Waals surface area contributed by atoms with Crippen molar-refractivity contribution in [3.05, 3.63) is 58.4 Å². The lowest BCUT2D eigenvalue weighted by atomic mass is 9.84. The van der Waals surface area contributed by atoms with Crippen LogP contribution in [0.4, 0.5) is 4.39 Å². The number of benzene rings is 2. The van der Waals surface area contributed by atoms with E-state index < -0.39 is 0 Å². The summed E-state index contributed by atoms with van der Waals surface area (Å²) in [7, 11) is 6.54. The van der Waals surface area contributed by atoms with E-state index in [9.17, 15) is 9.18 Å². The largest absolute Gasteiger partial charge is 0.493 e. The Kier molecular flexibility index (Phi) is 9.56. The summed E-state index contributed by atoms with van der Waals surface area (Å²) in [5.74, 6) is 1.19. The van der Waals surface area contributed by atoms with Crippen molar-refractivity contribution in [2.45, 2.75) is 31.8 Å². The molecule has 1 heterocycles. The Balaban J connectivity index is 1.69. The molecule has 0 N–H and O–H groups in total. The Morgan fingerprint density at radius 1 is 1.12 bits per heavy atom. The normalized spacial score (nSPS) is 15.7. The Bertz CT molecular complexity index is 949. The van der Waals surface area contributed by atoms with Gasteiger partial charge in [0.05, 0.1) is 19.2 Å². The van der Waals surface area contributed by atoms with Crippen molar-refractivity contribution in [2.75, 3.05) is 48.1 Å². The van der Waals surface area contributed by atoms with E-state index in [1.54, 1.807) is 31.3 Å². The summed E-state index contributed by atoms with van der Waals surface area (Å²) in [5, 5.41) is 0.572. The lowest BCUT2D eigenvalue weighted by Gasteiger charge is -2.40. The van der Waals surface area contributed by atoms with E-state index >= 15 is 0 Å². The van der Waals surface area contributed by atoms with E-state index in [4.69, 9.17) is 25.8 Å². The molecule has 1 aliphatic heterocycles. The predicted octanol–water partition coefficient (Wildman–Crippen LogP) is 4.42. The Morgan fingerprint density at radius 3 is 2.38 bits per heavy atom. The first-order valence-corrected chi connectivity index (χ1v) is 11.9. The zero-order valence-corrected chi connectivity index (χ0v) is 21.1. The first-order chi connectivity index (χ1) is 16.4. The molecule has 2 aromatic rings. The Labute approximate surface area is 206 Å². The summed E-state index contributed by atoms with van der Waals surface area (Å²) in [6.07, 6.45) is 2.57. The molecule has 1 atom stereocenters. The first-order valence-electron chi connectivity index (χ1n) is 11.5.